The Morgan fingerprint density at radius 2 is 1.69 bits per heavy atom. The van der Waals surface area contributed by atoms with E-state index in [1.807, 2.05) is 0 Å². The second kappa shape index (κ2) is 9.00. The van der Waals surface area contributed by atoms with Gasteiger partial charge in [0.05, 0.1) is 0 Å². The SMILES string of the molecule is CCCCCCNCCN(C)CC(C)(C)C. The van der Waals surface area contributed by atoms with Crippen molar-refractivity contribution in [2.75, 3.05) is 33.2 Å². The molecule has 0 saturated heterocycles. The summed E-state index contributed by atoms with van der Waals surface area (Å²) in [6.45, 7) is 13.8. The molecule has 16 heavy (non-hydrogen) atoms. The van der Waals surface area contributed by atoms with Crippen LogP contribution >= 0.6 is 0 Å². The lowest BCUT2D eigenvalue weighted by Gasteiger charge is -2.26. The Hall–Kier alpha value is -0.0800. The Balaban J connectivity index is 3.25. The average Bonchev–Trinajstić information content (AvgIpc) is 2.13. The molecule has 0 aliphatic carbocycles. The van der Waals surface area contributed by atoms with E-state index >= 15 is 0 Å². The van der Waals surface area contributed by atoms with Gasteiger partial charge in [0, 0.05) is 19.6 Å². The zero-order valence-corrected chi connectivity index (χ0v) is 12.1. The van der Waals surface area contributed by atoms with Gasteiger partial charge in [-0.25, -0.2) is 0 Å². The van der Waals surface area contributed by atoms with Gasteiger partial charge in [-0.3, -0.25) is 0 Å². The van der Waals surface area contributed by atoms with E-state index in [1.54, 1.807) is 0 Å². The third-order valence-corrected chi connectivity index (χ3v) is 2.62. The number of hydrogen-bond donors (Lipinski definition) is 1. The fraction of sp³-hybridized carbons (Fsp3) is 1.00. The molecular weight excluding hydrogens is 196 g/mol. The van der Waals surface area contributed by atoms with E-state index in [2.05, 4.69) is 45.0 Å². The van der Waals surface area contributed by atoms with Gasteiger partial charge in [0.25, 0.3) is 0 Å². The smallest absolute Gasteiger partial charge is 0.0104 e. The van der Waals surface area contributed by atoms with Crippen molar-refractivity contribution in [1.29, 1.82) is 0 Å². The number of rotatable bonds is 9. The Labute approximate surface area is 103 Å². The average molecular weight is 228 g/mol. The van der Waals surface area contributed by atoms with E-state index in [4.69, 9.17) is 0 Å². The summed E-state index contributed by atoms with van der Waals surface area (Å²) in [5.74, 6) is 0. The first-order chi connectivity index (χ1) is 7.45. The van der Waals surface area contributed by atoms with Crippen LogP contribution in [0, 0.1) is 5.41 Å². The highest BCUT2D eigenvalue weighted by molar-refractivity contribution is 4.67. The lowest BCUT2D eigenvalue weighted by atomic mass is 9.96. The first-order valence-corrected chi connectivity index (χ1v) is 6.85. The predicted molar refractivity (Wildman–Crippen MR) is 74.0 cm³/mol. The largest absolute Gasteiger partial charge is 0.315 e. The second-order valence-corrected chi connectivity index (χ2v) is 6.11. The maximum absolute atomic E-state index is 3.52. The molecule has 0 aliphatic rings. The van der Waals surface area contributed by atoms with Crippen molar-refractivity contribution < 1.29 is 0 Å². The molecule has 0 aromatic heterocycles. The van der Waals surface area contributed by atoms with E-state index in [9.17, 15) is 0 Å². The molecule has 1 N–H and O–H groups in total. The van der Waals surface area contributed by atoms with E-state index in [-0.39, 0.29) is 0 Å². The Bertz CT molecular complexity index is 149. The quantitative estimate of drug-likeness (QED) is 0.610. The Kier molecular flexibility index (Phi) is 8.96. The minimum absolute atomic E-state index is 0.413. The molecule has 0 spiro atoms. The lowest BCUT2D eigenvalue weighted by molar-refractivity contribution is 0.227. The van der Waals surface area contributed by atoms with Crippen LogP contribution in [0.1, 0.15) is 53.4 Å². The molecule has 0 radical (unpaired) electrons. The molecule has 0 heterocycles. The lowest BCUT2D eigenvalue weighted by Crippen LogP contribution is -2.35. The molecule has 0 aliphatic heterocycles. The molecule has 0 unspecified atom stereocenters. The molecule has 0 saturated carbocycles. The summed E-state index contributed by atoms with van der Waals surface area (Å²) in [7, 11) is 2.21. The van der Waals surface area contributed by atoms with Crippen molar-refractivity contribution in [1.82, 2.24) is 10.2 Å². The van der Waals surface area contributed by atoms with Crippen molar-refractivity contribution in [3.05, 3.63) is 0 Å². The topological polar surface area (TPSA) is 15.3 Å². The fourth-order valence-corrected chi connectivity index (χ4v) is 1.96. The number of nitrogens with one attached hydrogen (secondary N) is 1. The summed E-state index contributed by atoms with van der Waals surface area (Å²) < 4.78 is 0. The van der Waals surface area contributed by atoms with E-state index < -0.39 is 0 Å². The number of nitrogens with zero attached hydrogens (tertiary/aromatic N) is 1. The van der Waals surface area contributed by atoms with E-state index in [1.165, 1.54) is 38.8 Å². The van der Waals surface area contributed by atoms with E-state index in [0.717, 1.165) is 13.1 Å². The van der Waals surface area contributed by atoms with Crippen molar-refractivity contribution >= 4 is 0 Å². The van der Waals surface area contributed by atoms with Crippen LogP contribution in [-0.4, -0.2) is 38.1 Å². The summed E-state index contributed by atoms with van der Waals surface area (Å²) in [6, 6.07) is 0. The van der Waals surface area contributed by atoms with Crippen LogP contribution in [0.3, 0.4) is 0 Å². The maximum atomic E-state index is 3.52. The maximum Gasteiger partial charge on any atom is 0.0104 e. The van der Waals surface area contributed by atoms with E-state index in [0.29, 0.717) is 5.41 Å². The van der Waals surface area contributed by atoms with Gasteiger partial charge >= 0.3 is 0 Å². The van der Waals surface area contributed by atoms with Gasteiger partial charge in [0.2, 0.25) is 0 Å². The minimum Gasteiger partial charge on any atom is -0.315 e. The monoisotopic (exact) mass is 228 g/mol. The van der Waals surface area contributed by atoms with Gasteiger partial charge < -0.3 is 10.2 Å². The van der Waals surface area contributed by atoms with Crippen molar-refractivity contribution in [2.24, 2.45) is 5.41 Å². The normalized spacial score (nSPS) is 12.4. The highest BCUT2D eigenvalue weighted by Gasteiger charge is 2.12. The summed E-state index contributed by atoms with van der Waals surface area (Å²) in [5, 5.41) is 3.52. The van der Waals surface area contributed by atoms with Gasteiger partial charge in [-0.1, -0.05) is 47.0 Å². The summed E-state index contributed by atoms with van der Waals surface area (Å²) in [4.78, 5) is 2.42. The van der Waals surface area contributed by atoms with Gasteiger partial charge in [0.15, 0.2) is 0 Å². The van der Waals surface area contributed by atoms with Gasteiger partial charge in [-0.15, -0.1) is 0 Å². The van der Waals surface area contributed by atoms with Crippen LogP contribution in [-0.2, 0) is 0 Å². The van der Waals surface area contributed by atoms with Crippen molar-refractivity contribution in [3.8, 4) is 0 Å². The minimum atomic E-state index is 0.413. The van der Waals surface area contributed by atoms with Crippen LogP contribution in [0.15, 0.2) is 0 Å². The zero-order chi connectivity index (χ0) is 12.4. The molecule has 0 atom stereocenters. The van der Waals surface area contributed by atoms with Crippen LogP contribution in [0.5, 0.6) is 0 Å². The highest BCUT2D eigenvalue weighted by Crippen LogP contribution is 2.13. The molecule has 2 heteroatoms. The molecular formula is C14H32N2. The predicted octanol–water partition coefficient (Wildman–Crippen LogP) is 3.13. The first-order valence-electron chi connectivity index (χ1n) is 6.85. The Morgan fingerprint density at radius 3 is 2.25 bits per heavy atom. The first kappa shape index (κ1) is 15.9. The van der Waals surface area contributed by atoms with Gasteiger partial charge in [-0.05, 0) is 25.4 Å². The molecule has 0 rings (SSSR count). The summed E-state index contributed by atoms with van der Waals surface area (Å²) >= 11 is 0. The summed E-state index contributed by atoms with van der Waals surface area (Å²) in [6.07, 6.45) is 5.41. The number of likely N-dealkylation sites (N-methyl/N-ethyl adjacent to an activating group) is 1. The Morgan fingerprint density at radius 1 is 1.00 bits per heavy atom. The molecule has 0 bridgehead atoms. The molecule has 0 fully saturated rings. The van der Waals surface area contributed by atoms with Gasteiger partial charge in [-0.2, -0.15) is 0 Å². The number of unbranched alkanes of at least 4 members (excludes halogenated alkanes) is 3. The second-order valence-electron chi connectivity index (χ2n) is 6.11. The van der Waals surface area contributed by atoms with Crippen molar-refractivity contribution in [3.63, 3.8) is 0 Å². The highest BCUT2D eigenvalue weighted by atomic mass is 15.1. The van der Waals surface area contributed by atoms with Crippen LogP contribution in [0.4, 0.5) is 0 Å². The zero-order valence-electron chi connectivity index (χ0n) is 12.1. The van der Waals surface area contributed by atoms with Crippen LogP contribution < -0.4 is 5.32 Å². The fourth-order valence-electron chi connectivity index (χ4n) is 1.96. The molecule has 0 aromatic carbocycles. The summed E-state index contributed by atoms with van der Waals surface area (Å²) in [5.41, 5.74) is 0.413. The molecule has 2 nitrogen and oxygen atoms in total. The standard InChI is InChI=1S/C14H32N2/c1-6-7-8-9-10-15-11-12-16(5)13-14(2,3)4/h15H,6-13H2,1-5H3. The van der Waals surface area contributed by atoms with Crippen LogP contribution in [0.2, 0.25) is 0 Å². The number of hydrogen-bond acceptors (Lipinski definition) is 2. The van der Waals surface area contributed by atoms with Crippen molar-refractivity contribution in [2.45, 2.75) is 53.4 Å². The molecule has 0 aromatic rings. The molecule has 98 valence electrons. The van der Waals surface area contributed by atoms with Crippen LogP contribution in [0.25, 0.3) is 0 Å². The van der Waals surface area contributed by atoms with Gasteiger partial charge in [0.1, 0.15) is 0 Å². The third kappa shape index (κ3) is 12.0. The third-order valence-electron chi connectivity index (χ3n) is 2.62. The molecule has 0 amide bonds.